The normalized spacial score (nSPS) is 25.6. The Morgan fingerprint density at radius 1 is 1.39 bits per heavy atom. The van der Waals surface area contributed by atoms with E-state index in [1.165, 1.54) is 17.7 Å². The van der Waals surface area contributed by atoms with Crippen LogP contribution in [0.25, 0.3) is 0 Å². The molecule has 0 bridgehead atoms. The van der Waals surface area contributed by atoms with Gasteiger partial charge in [-0.25, -0.2) is 0 Å². The van der Waals surface area contributed by atoms with Crippen molar-refractivity contribution >= 4 is 11.8 Å². The van der Waals surface area contributed by atoms with Crippen LogP contribution in [-0.2, 0) is 6.42 Å². The Labute approximate surface area is 115 Å². The summed E-state index contributed by atoms with van der Waals surface area (Å²) in [6.45, 7) is 6.67. The van der Waals surface area contributed by atoms with Crippen LogP contribution in [-0.4, -0.2) is 15.6 Å². The summed E-state index contributed by atoms with van der Waals surface area (Å²) in [5, 5.41) is 10.6. The standard InChI is InChI=1S/C16H24OS/c1-12(2)10-13-6-4-7-14(11-13)15(17)16(3)8-5-9-18-16/h4,6-7,11-12,15,17H,5,8-10H2,1-3H3. The topological polar surface area (TPSA) is 20.2 Å². The minimum Gasteiger partial charge on any atom is -0.387 e. The highest BCUT2D eigenvalue weighted by Crippen LogP contribution is 2.46. The summed E-state index contributed by atoms with van der Waals surface area (Å²) in [7, 11) is 0. The van der Waals surface area contributed by atoms with Crippen molar-refractivity contribution in [2.45, 2.75) is 50.9 Å². The van der Waals surface area contributed by atoms with Crippen molar-refractivity contribution in [1.82, 2.24) is 0 Å². The molecule has 0 spiro atoms. The predicted octanol–water partition coefficient (Wildman–Crippen LogP) is 4.20. The SMILES string of the molecule is CC(C)Cc1cccc(C(O)C2(C)CCCS2)c1. The first-order valence-corrected chi connectivity index (χ1v) is 7.91. The van der Waals surface area contributed by atoms with Gasteiger partial charge in [-0.05, 0) is 49.0 Å². The van der Waals surface area contributed by atoms with E-state index in [1.54, 1.807) is 0 Å². The third kappa shape index (κ3) is 3.10. The summed E-state index contributed by atoms with van der Waals surface area (Å²) in [4.78, 5) is 0. The molecule has 1 aliphatic rings. The van der Waals surface area contributed by atoms with Crippen LogP contribution in [0.3, 0.4) is 0 Å². The monoisotopic (exact) mass is 264 g/mol. The van der Waals surface area contributed by atoms with E-state index in [0.29, 0.717) is 5.92 Å². The van der Waals surface area contributed by atoms with E-state index in [1.807, 2.05) is 11.8 Å². The van der Waals surface area contributed by atoms with Gasteiger partial charge in [0, 0.05) is 4.75 Å². The number of rotatable bonds is 4. The molecule has 2 rings (SSSR count). The summed E-state index contributed by atoms with van der Waals surface area (Å²) < 4.78 is 0.0104. The van der Waals surface area contributed by atoms with E-state index in [0.717, 1.165) is 18.4 Å². The molecule has 2 heteroatoms. The van der Waals surface area contributed by atoms with Gasteiger partial charge in [0.05, 0.1) is 6.10 Å². The number of hydrogen-bond acceptors (Lipinski definition) is 2. The van der Waals surface area contributed by atoms with E-state index in [4.69, 9.17) is 0 Å². The number of aliphatic hydroxyl groups excluding tert-OH is 1. The molecule has 2 atom stereocenters. The zero-order chi connectivity index (χ0) is 13.2. The second-order valence-corrected chi connectivity index (χ2v) is 7.64. The largest absolute Gasteiger partial charge is 0.387 e. The van der Waals surface area contributed by atoms with Gasteiger partial charge in [-0.3, -0.25) is 0 Å². The predicted molar refractivity (Wildman–Crippen MR) is 80.0 cm³/mol. The van der Waals surface area contributed by atoms with Crippen LogP contribution < -0.4 is 0 Å². The lowest BCUT2D eigenvalue weighted by molar-refractivity contribution is 0.135. The van der Waals surface area contributed by atoms with Gasteiger partial charge in [-0.15, -0.1) is 0 Å². The van der Waals surface area contributed by atoms with Crippen LogP contribution >= 0.6 is 11.8 Å². The molecule has 0 aromatic heterocycles. The smallest absolute Gasteiger partial charge is 0.0934 e. The van der Waals surface area contributed by atoms with E-state index in [2.05, 4.69) is 45.0 Å². The molecule has 1 fully saturated rings. The Balaban J connectivity index is 2.17. The maximum absolute atomic E-state index is 10.6. The van der Waals surface area contributed by atoms with Crippen LogP contribution in [0, 0.1) is 5.92 Å². The number of thioether (sulfide) groups is 1. The van der Waals surface area contributed by atoms with Crippen molar-refractivity contribution in [3.63, 3.8) is 0 Å². The lowest BCUT2D eigenvalue weighted by atomic mass is 9.91. The molecule has 0 aliphatic carbocycles. The van der Waals surface area contributed by atoms with Gasteiger partial charge in [0.2, 0.25) is 0 Å². The van der Waals surface area contributed by atoms with Gasteiger partial charge < -0.3 is 5.11 Å². The average molecular weight is 264 g/mol. The highest BCUT2D eigenvalue weighted by molar-refractivity contribution is 8.00. The first kappa shape index (κ1) is 14.0. The molecule has 1 heterocycles. The van der Waals surface area contributed by atoms with Crippen LogP contribution in [0.15, 0.2) is 24.3 Å². The fourth-order valence-electron chi connectivity index (χ4n) is 2.73. The highest BCUT2D eigenvalue weighted by Gasteiger charge is 2.37. The average Bonchev–Trinajstić information content (AvgIpc) is 2.76. The van der Waals surface area contributed by atoms with Gasteiger partial charge in [0.25, 0.3) is 0 Å². The van der Waals surface area contributed by atoms with Crippen LogP contribution in [0.1, 0.15) is 50.8 Å². The molecule has 1 N–H and O–H groups in total. The molecule has 18 heavy (non-hydrogen) atoms. The lowest BCUT2D eigenvalue weighted by Gasteiger charge is -2.29. The lowest BCUT2D eigenvalue weighted by Crippen LogP contribution is -2.26. The molecule has 1 nitrogen and oxygen atoms in total. The minimum atomic E-state index is -0.336. The fourth-order valence-corrected chi connectivity index (χ4v) is 4.07. The number of benzene rings is 1. The number of hydrogen-bond donors (Lipinski definition) is 1. The second-order valence-electron chi connectivity index (χ2n) is 6.01. The van der Waals surface area contributed by atoms with E-state index >= 15 is 0 Å². The molecule has 100 valence electrons. The highest BCUT2D eigenvalue weighted by atomic mass is 32.2. The molecule has 0 saturated carbocycles. The molecule has 1 aromatic rings. The van der Waals surface area contributed by atoms with Gasteiger partial charge in [-0.1, -0.05) is 38.1 Å². The van der Waals surface area contributed by atoms with Crippen LogP contribution in [0.2, 0.25) is 0 Å². The molecule has 2 unspecified atom stereocenters. The molecule has 0 amide bonds. The maximum atomic E-state index is 10.6. The summed E-state index contributed by atoms with van der Waals surface area (Å²) in [6, 6.07) is 8.51. The Bertz CT molecular complexity index is 394. The Kier molecular flexibility index (Phi) is 4.39. The Morgan fingerprint density at radius 3 is 2.78 bits per heavy atom. The molecule has 1 saturated heterocycles. The molecule has 1 aromatic carbocycles. The van der Waals surface area contributed by atoms with Crippen molar-refractivity contribution < 1.29 is 5.11 Å². The quantitative estimate of drug-likeness (QED) is 0.879. The Hall–Kier alpha value is -0.470. The third-order valence-electron chi connectivity index (χ3n) is 3.74. The number of aliphatic hydroxyl groups is 1. The van der Waals surface area contributed by atoms with E-state index < -0.39 is 0 Å². The van der Waals surface area contributed by atoms with Crippen LogP contribution in [0.5, 0.6) is 0 Å². The Morgan fingerprint density at radius 2 is 2.17 bits per heavy atom. The van der Waals surface area contributed by atoms with E-state index in [9.17, 15) is 5.11 Å². The van der Waals surface area contributed by atoms with Crippen molar-refractivity contribution in [3.05, 3.63) is 35.4 Å². The first-order chi connectivity index (χ1) is 8.51. The van der Waals surface area contributed by atoms with Gasteiger partial charge >= 0.3 is 0 Å². The second kappa shape index (κ2) is 5.66. The zero-order valence-corrected chi connectivity index (χ0v) is 12.5. The van der Waals surface area contributed by atoms with Crippen molar-refractivity contribution in [2.75, 3.05) is 5.75 Å². The van der Waals surface area contributed by atoms with Crippen molar-refractivity contribution in [1.29, 1.82) is 0 Å². The molecular formula is C16H24OS. The maximum Gasteiger partial charge on any atom is 0.0934 e. The molecule has 1 aliphatic heterocycles. The zero-order valence-electron chi connectivity index (χ0n) is 11.6. The summed E-state index contributed by atoms with van der Waals surface area (Å²) in [6.07, 6.45) is 3.10. The summed E-state index contributed by atoms with van der Waals surface area (Å²) in [5.74, 6) is 1.84. The van der Waals surface area contributed by atoms with Gasteiger partial charge in [0.1, 0.15) is 0 Å². The van der Waals surface area contributed by atoms with E-state index in [-0.39, 0.29) is 10.9 Å². The third-order valence-corrected chi connectivity index (χ3v) is 5.32. The van der Waals surface area contributed by atoms with Gasteiger partial charge in [-0.2, -0.15) is 11.8 Å². The van der Waals surface area contributed by atoms with Crippen molar-refractivity contribution in [3.8, 4) is 0 Å². The van der Waals surface area contributed by atoms with Crippen molar-refractivity contribution in [2.24, 2.45) is 5.92 Å². The first-order valence-electron chi connectivity index (χ1n) is 6.92. The minimum absolute atomic E-state index is 0.0104. The summed E-state index contributed by atoms with van der Waals surface area (Å²) in [5.41, 5.74) is 2.43. The van der Waals surface area contributed by atoms with Gasteiger partial charge in [0.15, 0.2) is 0 Å². The van der Waals surface area contributed by atoms with Crippen LogP contribution in [0.4, 0.5) is 0 Å². The molecular weight excluding hydrogens is 240 g/mol. The fraction of sp³-hybridized carbons (Fsp3) is 0.625. The molecule has 0 radical (unpaired) electrons. The summed E-state index contributed by atoms with van der Waals surface area (Å²) >= 11 is 1.92.